The largest absolute Gasteiger partial charge is 0.337 e. The molecule has 1 unspecified atom stereocenters. The van der Waals surface area contributed by atoms with Gasteiger partial charge in [-0.1, -0.05) is 79.1 Å². The van der Waals surface area contributed by atoms with E-state index in [9.17, 15) is 4.79 Å². The van der Waals surface area contributed by atoms with Gasteiger partial charge in [0, 0.05) is 24.9 Å². The Morgan fingerprint density at radius 1 is 0.885 bits per heavy atom. The SMILES string of the molecule is CCCCCCCCCCCSC(C)CNC(=O)NCCN(CC)CC. The average Bonchev–Trinajstić information content (AvgIpc) is 2.65. The molecule has 0 fully saturated rings. The van der Waals surface area contributed by atoms with Crippen LogP contribution in [0.25, 0.3) is 0 Å². The number of carbonyl (C=O) groups excluding carboxylic acids is 1. The molecule has 0 aliphatic heterocycles. The van der Waals surface area contributed by atoms with Crippen molar-refractivity contribution in [2.24, 2.45) is 0 Å². The molecule has 0 aromatic carbocycles. The lowest BCUT2D eigenvalue weighted by atomic mass is 10.1. The minimum absolute atomic E-state index is 0.0346. The molecule has 0 heterocycles. The van der Waals surface area contributed by atoms with E-state index in [1.165, 1.54) is 63.5 Å². The Hall–Kier alpha value is -0.420. The third-order valence-corrected chi connectivity index (χ3v) is 6.07. The second kappa shape index (κ2) is 19.3. The highest BCUT2D eigenvalue weighted by Gasteiger charge is 2.06. The van der Waals surface area contributed by atoms with Crippen LogP contribution in [-0.2, 0) is 0 Å². The maximum Gasteiger partial charge on any atom is 0.314 e. The number of thioether (sulfide) groups is 1. The first kappa shape index (κ1) is 25.6. The number of unbranched alkanes of at least 4 members (excludes halogenated alkanes) is 8. The first-order valence-electron chi connectivity index (χ1n) is 11.0. The molecule has 2 amide bonds. The summed E-state index contributed by atoms with van der Waals surface area (Å²) >= 11 is 1.98. The first-order chi connectivity index (χ1) is 12.6. The number of nitrogens with one attached hydrogen (secondary N) is 2. The van der Waals surface area contributed by atoms with Crippen molar-refractivity contribution in [3.8, 4) is 0 Å². The number of amides is 2. The molecule has 5 heteroatoms. The summed E-state index contributed by atoms with van der Waals surface area (Å²) < 4.78 is 0. The van der Waals surface area contributed by atoms with Crippen molar-refractivity contribution >= 4 is 17.8 Å². The van der Waals surface area contributed by atoms with Gasteiger partial charge in [0.2, 0.25) is 0 Å². The monoisotopic (exact) mass is 387 g/mol. The molecule has 26 heavy (non-hydrogen) atoms. The molecular weight excluding hydrogens is 342 g/mol. The fourth-order valence-electron chi connectivity index (χ4n) is 2.92. The maximum absolute atomic E-state index is 11.8. The van der Waals surface area contributed by atoms with Gasteiger partial charge in [0.25, 0.3) is 0 Å². The summed E-state index contributed by atoms with van der Waals surface area (Å²) in [5.41, 5.74) is 0. The zero-order chi connectivity index (χ0) is 19.5. The number of likely N-dealkylation sites (N-methyl/N-ethyl adjacent to an activating group) is 1. The number of carbonyl (C=O) groups is 1. The Labute approximate surface area is 167 Å². The van der Waals surface area contributed by atoms with Crippen molar-refractivity contribution < 1.29 is 4.79 Å². The van der Waals surface area contributed by atoms with Crippen molar-refractivity contribution in [1.82, 2.24) is 15.5 Å². The van der Waals surface area contributed by atoms with Gasteiger partial charge in [-0.25, -0.2) is 4.79 Å². The number of hydrogen-bond acceptors (Lipinski definition) is 3. The Bertz CT molecular complexity index is 312. The summed E-state index contributed by atoms with van der Waals surface area (Å²) in [5, 5.41) is 6.42. The molecule has 0 bridgehead atoms. The molecule has 2 N–H and O–H groups in total. The Kier molecular flexibility index (Phi) is 19.0. The van der Waals surface area contributed by atoms with E-state index >= 15 is 0 Å². The van der Waals surface area contributed by atoms with Crippen LogP contribution in [-0.4, -0.2) is 54.7 Å². The highest BCUT2D eigenvalue weighted by molar-refractivity contribution is 7.99. The predicted molar refractivity (Wildman–Crippen MR) is 118 cm³/mol. The van der Waals surface area contributed by atoms with Gasteiger partial charge < -0.3 is 15.5 Å². The van der Waals surface area contributed by atoms with Gasteiger partial charge in [-0.3, -0.25) is 0 Å². The van der Waals surface area contributed by atoms with Crippen LogP contribution < -0.4 is 10.6 Å². The summed E-state index contributed by atoms with van der Waals surface area (Å²) in [5.74, 6) is 1.21. The summed E-state index contributed by atoms with van der Waals surface area (Å²) in [6.07, 6.45) is 12.4. The standard InChI is InChI=1S/C21H45N3OS/c1-5-8-9-10-11-12-13-14-15-18-26-20(4)19-23-21(25)22-16-17-24(6-2)7-3/h20H,5-19H2,1-4H3,(H2,22,23,25). The summed E-state index contributed by atoms with van der Waals surface area (Å²) in [7, 11) is 0. The van der Waals surface area contributed by atoms with E-state index in [4.69, 9.17) is 0 Å². The van der Waals surface area contributed by atoms with Crippen molar-refractivity contribution in [2.75, 3.05) is 38.5 Å². The summed E-state index contributed by atoms with van der Waals surface area (Å²) in [6, 6.07) is -0.0346. The van der Waals surface area contributed by atoms with E-state index in [0.717, 1.165) is 26.2 Å². The Morgan fingerprint density at radius 2 is 1.46 bits per heavy atom. The van der Waals surface area contributed by atoms with Crippen LogP contribution in [0.15, 0.2) is 0 Å². The molecule has 0 aromatic heterocycles. The van der Waals surface area contributed by atoms with E-state index in [1.54, 1.807) is 0 Å². The van der Waals surface area contributed by atoms with Crippen LogP contribution in [0.5, 0.6) is 0 Å². The lowest BCUT2D eigenvalue weighted by Gasteiger charge is -2.18. The zero-order valence-corrected chi connectivity index (χ0v) is 18.8. The van der Waals surface area contributed by atoms with E-state index < -0.39 is 0 Å². The van der Waals surface area contributed by atoms with Gasteiger partial charge in [0.1, 0.15) is 0 Å². The smallest absolute Gasteiger partial charge is 0.314 e. The highest BCUT2D eigenvalue weighted by atomic mass is 32.2. The Balaban J connectivity index is 3.40. The lowest BCUT2D eigenvalue weighted by molar-refractivity contribution is 0.237. The molecule has 0 rings (SSSR count). The fourth-order valence-corrected chi connectivity index (χ4v) is 3.90. The van der Waals surface area contributed by atoms with Gasteiger partial charge in [-0.15, -0.1) is 0 Å². The molecule has 4 nitrogen and oxygen atoms in total. The van der Waals surface area contributed by atoms with Crippen molar-refractivity contribution in [3.63, 3.8) is 0 Å². The number of rotatable bonds is 18. The van der Waals surface area contributed by atoms with Crippen LogP contribution >= 0.6 is 11.8 Å². The number of urea groups is 1. The maximum atomic E-state index is 11.8. The summed E-state index contributed by atoms with van der Waals surface area (Å²) in [6.45, 7) is 13.2. The van der Waals surface area contributed by atoms with Crippen molar-refractivity contribution in [1.29, 1.82) is 0 Å². The van der Waals surface area contributed by atoms with Gasteiger partial charge in [-0.05, 0) is 25.3 Å². The average molecular weight is 388 g/mol. The van der Waals surface area contributed by atoms with Crippen LogP contribution in [0.4, 0.5) is 4.79 Å². The molecule has 0 saturated heterocycles. The first-order valence-corrected chi connectivity index (χ1v) is 12.0. The molecule has 0 saturated carbocycles. The second-order valence-corrected chi connectivity index (χ2v) is 8.72. The van der Waals surface area contributed by atoms with Crippen LogP contribution in [0.1, 0.15) is 85.5 Å². The fraction of sp³-hybridized carbons (Fsp3) is 0.952. The minimum atomic E-state index is -0.0346. The van der Waals surface area contributed by atoms with E-state index in [0.29, 0.717) is 11.8 Å². The molecule has 0 aliphatic carbocycles. The lowest BCUT2D eigenvalue weighted by Crippen LogP contribution is -2.42. The van der Waals surface area contributed by atoms with Crippen LogP contribution in [0.2, 0.25) is 0 Å². The minimum Gasteiger partial charge on any atom is -0.337 e. The highest BCUT2D eigenvalue weighted by Crippen LogP contribution is 2.14. The van der Waals surface area contributed by atoms with Gasteiger partial charge in [0.15, 0.2) is 0 Å². The van der Waals surface area contributed by atoms with E-state index in [-0.39, 0.29) is 6.03 Å². The van der Waals surface area contributed by atoms with Gasteiger partial charge in [0.05, 0.1) is 0 Å². The van der Waals surface area contributed by atoms with E-state index in [1.807, 2.05) is 11.8 Å². The topological polar surface area (TPSA) is 44.4 Å². The van der Waals surface area contributed by atoms with E-state index in [2.05, 4.69) is 43.2 Å². The van der Waals surface area contributed by atoms with Gasteiger partial charge >= 0.3 is 6.03 Å². The van der Waals surface area contributed by atoms with Crippen molar-refractivity contribution in [3.05, 3.63) is 0 Å². The normalized spacial score (nSPS) is 12.3. The molecule has 0 spiro atoms. The Morgan fingerprint density at radius 3 is 2.04 bits per heavy atom. The van der Waals surface area contributed by atoms with Crippen LogP contribution in [0, 0.1) is 0 Å². The predicted octanol–water partition coefficient (Wildman–Crippen LogP) is 5.28. The molecule has 0 aliphatic rings. The molecular formula is C21H45N3OS. The number of nitrogens with zero attached hydrogens (tertiary/aromatic N) is 1. The molecule has 0 radical (unpaired) electrons. The number of hydrogen-bond donors (Lipinski definition) is 2. The van der Waals surface area contributed by atoms with Crippen LogP contribution in [0.3, 0.4) is 0 Å². The molecule has 156 valence electrons. The second-order valence-electron chi connectivity index (χ2n) is 7.17. The zero-order valence-electron chi connectivity index (χ0n) is 17.9. The van der Waals surface area contributed by atoms with Crippen molar-refractivity contribution in [2.45, 2.75) is 90.7 Å². The molecule has 0 aromatic rings. The summed E-state index contributed by atoms with van der Waals surface area (Å²) in [4.78, 5) is 14.1. The quantitative estimate of drug-likeness (QED) is 0.314. The van der Waals surface area contributed by atoms with Gasteiger partial charge in [-0.2, -0.15) is 11.8 Å². The third-order valence-electron chi connectivity index (χ3n) is 4.81. The third kappa shape index (κ3) is 17.0. The molecule has 1 atom stereocenters.